The highest BCUT2D eigenvalue weighted by molar-refractivity contribution is 6.18. The monoisotopic (exact) mass is 229 g/mol. The Morgan fingerprint density at radius 3 is 2.60 bits per heavy atom. The Morgan fingerprint density at radius 2 is 2.07 bits per heavy atom. The maximum absolute atomic E-state index is 5.76. The van der Waals surface area contributed by atoms with E-state index >= 15 is 0 Å². The van der Waals surface area contributed by atoms with E-state index in [9.17, 15) is 0 Å². The zero-order valence-corrected chi connectivity index (χ0v) is 10.4. The third kappa shape index (κ3) is 2.66. The van der Waals surface area contributed by atoms with Crippen molar-refractivity contribution < 1.29 is 4.84 Å². The topological polar surface area (TPSA) is 21.6 Å². The van der Waals surface area contributed by atoms with Crippen molar-refractivity contribution >= 4 is 17.3 Å². The molecule has 15 heavy (non-hydrogen) atoms. The first-order chi connectivity index (χ1) is 7.11. The number of rotatable bonds is 2. The summed E-state index contributed by atoms with van der Waals surface area (Å²) in [4.78, 5) is 5.28. The third-order valence-corrected chi connectivity index (χ3v) is 4.08. The lowest BCUT2D eigenvalue weighted by atomic mass is 9.71. The molecule has 1 fully saturated rings. The Bertz CT molecular complexity index is 252. The molecule has 0 spiro atoms. The van der Waals surface area contributed by atoms with Crippen LogP contribution in [0, 0.1) is 11.3 Å². The number of nitrogens with zero attached hydrogens (tertiary/aromatic N) is 1. The van der Waals surface area contributed by atoms with Gasteiger partial charge in [0.2, 0.25) is 0 Å². The quantitative estimate of drug-likeness (QED) is 0.664. The van der Waals surface area contributed by atoms with Crippen molar-refractivity contribution in [3.8, 4) is 0 Å². The minimum absolute atomic E-state index is 0.136. The van der Waals surface area contributed by atoms with E-state index < -0.39 is 0 Å². The van der Waals surface area contributed by atoms with Crippen molar-refractivity contribution in [1.82, 2.24) is 0 Å². The fraction of sp³-hybridized carbons (Fsp3) is 0.917. The summed E-state index contributed by atoms with van der Waals surface area (Å²) in [6.45, 7) is 4.72. The Hall–Kier alpha value is -0.240. The van der Waals surface area contributed by atoms with Gasteiger partial charge >= 0.3 is 0 Å². The molecule has 1 atom stereocenters. The van der Waals surface area contributed by atoms with Gasteiger partial charge in [0.1, 0.15) is 6.10 Å². The van der Waals surface area contributed by atoms with Gasteiger partial charge in [-0.15, -0.1) is 11.6 Å². The maximum Gasteiger partial charge on any atom is 0.146 e. The minimum Gasteiger partial charge on any atom is -0.391 e. The fourth-order valence-corrected chi connectivity index (χ4v) is 2.67. The van der Waals surface area contributed by atoms with Crippen molar-refractivity contribution in [1.29, 1.82) is 0 Å². The minimum atomic E-state index is 0.136. The van der Waals surface area contributed by atoms with Gasteiger partial charge in [-0.3, -0.25) is 0 Å². The highest BCUT2D eigenvalue weighted by Crippen LogP contribution is 2.39. The zero-order valence-electron chi connectivity index (χ0n) is 9.63. The van der Waals surface area contributed by atoms with Crippen LogP contribution >= 0.6 is 11.6 Å². The first kappa shape index (κ1) is 11.3. The lowest BCUT2D eigenvalue weighted by Gasteiger charge is -2.33. The average Bonchev–Trinajstić information content (AvgIpc) is 2.66. The molecule has 2 nitrogen and oxygen atoms in total. The maximum atomic E-state index is 5.76. The van der Waals surface area contributed by atoms with Crippen molar-refractivity contribution in [3.63, 3.8) is 0 Å². The van der Waals surface area contributed by atoms with Crippen LogP contribution in [-0.4, -0.2) is 17.7 Å². The summed E-state index contributed by atoms with van der Waals surface area (Å²) in [7, 11) is 0. The van der Waals surface area contributed by atoms with E-state index in [0.29, 0.717) is 17.2 Å². The molecule has 1 aliphatic heterocycles. The van der Waals surface area contributed by atoms with Gasteiger partial charge in [-0.1, -0.05) is 19.0 Å². The molecule has 2 aliphatic rings. The Kier molecular flexibility index (Phi) is 3.24. The van der Waals surface area contributed by atoms with E-state index in [1.54, 1.807) is 0 Å². The molecule has 3 heteroatoms. The van der Waals surface area contributed by atoms with Crippen molar-refractivity contribution in [2.24, 2.45) is 16.5 Å². The number of hydrogen-bond acceptors (Lipinski definition) is 2. The molecule has 0 amide bonds. The molecular weight excluding hydrogens is 210 g/mol. The summed E-state index contributed by atoms with van der Waals surface area (Å²) in [6.07, 6.45) is 6.24. The second-order valence-corrected chi connectivity index (χ2v) is 5.92. The molecule has 1 aliphatic carbocycles. The number of alkyl halides is 1. The smallest absolute Gasteiger partial charge is 0.146 e. The lowest BCUT2D eigenvalue weighted by molar-refractivity contribution is 0.102. The van der Waals surface area contributed by atoms with E-state index in [2.05, 4.69) is 19.0 Å². The third-order valence-electron chi connectivity index (χ3n) is 3.74. The molecule has 0 aromatic carbocycles. The molecule has 0 N–H and O–H groups in total. The van der Waals surface area contributed by atoms with Crippen LogP contribution in [0.1, 0.15) is 46.0 Å². The number of oxime groups is 1. The Labute approximate surface area is 97.0 Å². The SMILES string of the molecule is CC1(C)CCC(C2=NOC(CCl)C2)CC1. The van der Waals surface area contributed by atoms with Crippen LogP contribution < -0.4 is 0 Å². The first-order valence-corrected chi connectivity index (χ1v) is 6.43. The van der Waals surface area contributed by atoms with Crippen molar-refractivity contribution in [2.75, 3.05) is 5.88 Å². The van der Waals surface area contributed by atoms with Crippen LogP contribution in [0.4, 0.5) is 0 Å². The van der Waals surface area contributed by atoms with Gasteiger partial charge in [0.25, 0.3) is 0 Å². The molecule has 1 heterocycles. The molecular formula is C12H20ClNO. The predicted octanol–water partition coefficient (Wildman–Crippen LogP) is 3.59. The molecule has 1 unspecified atom stereocenters. The van der Waals surface area contributed by atoms with Gasteiger partial charge in [0.15, 0.2) is 0 Å². The Morgan fingerprint density at radius 1 is 1.40 bits per heavy atom. The summed E-state index contributed by atoms with van der Waals surface area (Å²) in [5.41, 5.74) is 1.79. The molecule has 2 rings (SSSR count). The van der Waals surface area contributed by atoms with Gasteiger partial charge in [0.05, 0.1) is 11.6 Å². The predicted molar refractivity (Wildman–Crippen MR) is 63.4 cm³/mol. The van der Waals surface area contributed by atoms with E-state index in [1.807, 2.05) is 0 Å². The van der Waals surface area contributed by atoms with Crippen molar-refractivity contribution in [3.05, 3.63) is 0 Å². The zero-order chi connectivity index (χ0) is 10.9. The molecule has 86 valence electrons. The van der Waals surface area contributed by atoms with Crippen LogP contribution in [-0.2, 0) is 4.84 Å². The Balaban J connectivity index is 1.87. The lowest BCUT2D eigenvalue weighted by Crippen LogP contribution is -2.26. The molecule has 0 bridgehead atoms. The summed E-state index contributed by atoms with van der Waals surface area (Å²) < 4.78 is 0. The summed E-state index contributed by atoms with van der Waals surface area (Å²) in [6, 6.07) is 0. The van der Waals surface area contributed by atoms with Gasteiger partial charge in [-0.25, -0.2) is 0 Å². The normalized spacial score (nSPS) is 31.1. The van der Waals surface area contributed by atoms with Gasteiger partial charge in [0, 0.05) is 12.3 Å². The van der Waals surface area contributed by atoms with E-state index in [4.69, 9.17) is 16.4 Å². The second kappa shape index (κ2) is 4.32. The largest absolute Gasteiger partial charge is 0.391 e. The summed E-state index contributed by atoms with van der Waals surface area (Å²) >= 11 is 5.76. The molecule has 0 saturated heterocycles. The standard InChI is InChI=1S/C12H20ClNO/c1-12(2)5-3-9(4-6-12)11-7-10(8-13)15-14-11/h9-10H,3-8H2,1-2H3. The van der Waals surface area contributed by atoms with Crippen LogP contribution in [0.15, 0.2) is 5.16 Å². The highest BCUT2D eigenvalue weighted by Gasteiger charge is 2.32. The van der Waals surface area contributed by atoms with E-state index in [-0.39, 0.29) is 6.10 Å². The molecule has 0 aromatic heterocycles. The van der Waals surface area contributed by atoms with E-state index in [0.717, 1.165) is 6.42 Å². The van der Waals surface area contributed by atoms with Crippen LogP contribution in [0.2, 0.25) is 0 Å². The second-order valence-electron chi connectivity index (χ2n) is 5.61. The molecule has 0 radical (unpaired) electrons. The number of hydrogen-bond donors (Lipinski definition) is 0. The van der Waals surface area contributed by atoms with Gasteiger partial charge < -0.3 is 4.84 Å². The molecule has 1 saturated carbocycles. The van der Waals surface area contributed by atoms with Crippen LogP contribution in [0.3, 0.4) is 0 Å². The summed E-state index contributed by atoms with van der Waals surface area (Å²) in [5, 5.41) is 4.19. The van der Waals surface area contributed by atoms with Crippen molar-refractivity contribution in [2.45, 2.75) is 52.1 Å². The first-order valence-electron chi connectivity index (χ1n) is 5.89. The van der Waals surface area contributed by atoms with Crippen LogP contribution in [0.25, 0.3) is 0 Å². The number of halogens is 1. The van der Waals surface area contributed by atoms with Crippen LogP contribution in [0.5, 0.6) is 0 Å². The molecule has 0 aromatic rings. The van der Waals surface area contributed by atoms with E-state index in [1.165, 1.54) is 31.4 Å². The average molecular weight is 230 g/mol. The van der Waals surface area contributed by atoms with Gasteiger partial charge in [-0.05, 0) is 31.1 Å². The fourth-order valence-electron chi connectivity index (χ4n) is 2.51. The summed E-state index contributed by atoms with van der Waals surface area (Å²) in [5.74, 6) is 1.22. The van der Waals surface area contributed by atoms with Gasteiger partial charge in [-0.2, -0.15) is 0 Å². The highest BCUT2D eigenvalue weighted by atomic mass is 35.5.